The second-order valence-corrected chi connectivity index (χ2v) is 65.9. The van der Waals surface area contributed by atoms with Gasteiger partial charge in [0.05, 0.1) is 67.6 Å². The van der Waals surface area contributed by atoms with Gasteiger partial charge < -0.3 is 35.1 Å². The highest BCUT2D eigenvalue weighted by Crippen LogP contribution is 2.46. The Morgan fingerprint density at radius 3 is 1.03 bits per heavy atom. The SMILES string of the molecule is CC(C)c1cc(C(C)(C)C)sc1C(=O)N1CCS(=O)(=O)CC1.CC(C)c1cc(C(C)(C)C)sc1CN1CCS(=O)(=O)CC1.CC(C)c1cc(C(C)(C)C)sc1N1CCS(=O)(=O)CC1.CC(C)c1sc(C(C)(C)C)cc1C(=O)N1CCNC(=O)C1.CC(C)c1sc(C(C)(C)C)cc1C(=O)N1CCNC(=O)CC1.CC(C)c1sc(C(C)(C)C)cc1C(=O)N1CCSCC1.CC(C)c1sc(C(C)(C)C)cc1CN1CCSCC1. The van der Waals surface area contributed by atoms with Gasteiger partial charge in [0.25, 0.3) is 23.6 Å². The fraction of sp³-hybridized carbons (Fsp3) is 0.696. The lowest BCUT2D eigenvalue weighted by Crippen LogP contribution is -2.50. The Kier molecular flexibility index (Phi) is 45.1. The van der Waals surface area contributed by atoms with Gasteiger partial charge >= 0.3 is 0 Å². The molecule has 7 aliphatic rings. The van der Waals surface area contributed by atoms with Crippen molar-refractivity contribution in [1.29, 1.82) is 0 Å². The number of hydrogen-bond donors (Lipinski definition) is 2. The first-order valence-corrected chi connectivity index (χ1v) is 65.9. The van der Waals surface area contributed by atoms with E-state index >= 15 is 0 Å². The van der Waals surface area contributed by atoms with Gasteiger partial charge in [-0.1, -0.05) is 242 Å². The molecule has 145 heavy (non-hydrogen) atoms. The molecule has 7 saturated heterocycles. The van der Waals surface area contributed by atoms with Crippen molar-refractivity contribution in [2.24, 2.45) is 0 Å². The van der Waals surface area contributed by atoms with Crippen LogP contribution in [0.15, 0.2) is 42.5 Å². The van der Waals surface area contributed by atoms with Gasteiger partial charge in [0.2, 0.25) is 11.8 Å². The van der Waals surface area contributed by atoms with Crippen molar-refractivity contribution in [2.45, 2.75) is 341 Å². The summed E-state index contributed by atoms with van der Waals surface area (Å²) in [5, 5.41) is 6.85. The van der Waals surface area contributed by atoms with Crippen LogP contribution in [0.2, 0.25) is 0 Å². The van der Waals surface area contributed by atoms with E-state index < -0.39 is 29.5 Å². The number of nitrogens with zero attached hydrogens (tertiary/aromatic N) is 7. The van der Waals surface area contributed by atoms with Crippen LogP contribution >= 0.6 is 103 Å². The van der Waals surface area contributed by atoms with Crippen LogP contribution in [0, 0.1) is 0 Å². The predicted molar refractivity (Wildman–Crippen MR) is 627 cm³/mol. The van der Waals surface area contributed by atoms with Crippen molar-refractivity contribution < 1.29 is 54.0 Å². The Hall–Kier alpha value is -5.01. The highest BCUT2D eigenvalue weighted by Gasteiger charge is 2.38. The zero-order valence-corrected chi connectivity index (χ0v) is 104. The first-order chi connectivity index (χ1) is 66.8. The summed E-state index contributed by atoms with van der Waals surface area (Å²) in [5.41, 5.74) is 8.80. The molecule has 0 unspecified atom stereocenters. The van der Waals surface area contributed by atoms with Gasteiger partial charge in [-0.25, -0.2) is 25.3 Å². The Morgan fingerprint density at radius 2 is 0.628 bits per heavy atom. The first-order valence-electron chi connectivity index (χ1n) is 52.4. The Balaban J connectivity index is 0.000000207. The van der Waals surface area contributed by atoms with Crippen molar-refractivity contribution >= 4 is 173 Å². The molecule has 21 nitrogen and oxygen atoms in total. The monoisotopic (exact) mass is 2230 g/mol. The first kappa shape index (κ1) is 125. The molecule has 2 N–H and O–H groups in total. The fourth-order valence-electron chi connectivity index (χ4n) is 16.9. The lowest BCUT2D eigenvalue weighted by atomic mass is 9.92. The third-order valence-electron chi connectivity index (χ3n) is 26.3. The van der Waals surface area contributed by atoms with Crippen molar-refractivity contribution in [1.82, 2.24) is 40.0 Å². The molecule has 7 aromatic heterocycles. The second-order valence-electron chi connectivity index (χ2n) is 49.0. The highest BCUT2D eigenvalue weighted by molar-refractivity contribution is 7.99. The number of hydrogen-bond acceptors (Lipinski definition) is 24. The molecule has 14 heterocycles. The number of thiophene rings is 7. The van der Waals surface area contributed by atoms with E-state index in [-0.39, 0.29) is 109 Å². The van der Waals surface area contributed by atoms with E-state index in [1.807, 2.05) is 68.1 Å². The predicted octanol–water partition coefficient (Wildman–Crippen LogP) is 24.8. The lowest BCUT2D eigenvalue weighted by Gasteiger charge is -2.29. The van der Waals surface area contributed by atoms with E-state index in [9.17, 15) is 54.0 Å². The van der Waals surface area contributed by atoms with Crippen LogP contribution in [-0.2, 0) is 90.1 Å². The van der Waals surface area contributed by atoms with Gasteiger partial charge in [-0.05, 0) is 144 Å². The van der Waals surface area contributed by atoms with E-state index in [0.717, 1.165) is 74.6 Å². The standard InChI is InChI=1S/C17H26N2O2S.C16H24N2O2S.C16H25NO3S2.C16H27NO2S2.C16H25NOS2.C16H27NS2.C15H25NO2S2/c1-11(2)15-12(10-13(22-15)17(3,4)5)16(21)19-8-6-14(20)18-7-9-19;1-10(2)14-11(8-12(21-14)16(3,4)5)15(20)18-7-6-17-13(19)9-18;1-11(2)12-10-13(16(3,4)5)21-14(12)15(18)17-6-8-22(19,20)9-7-17;1-12(2)13-10-15(16(3,4)5)20-14(13)11-17-6-8-21(18,19)9-7-17;1-11(2)14-12(10-13(20-14)16(3,4)5)15(18)17-6-8-19-9-7-17;1-12(2)15-13(10-14(19-15)16(3,4)5)11-17-6-8-18-9-7-17;1-11(2)12-10-13(15(3,4)5)19-14(12)16-6-8-20(17,18)9-7-16/h10-11H,6-9H2,1-5H3,(H,18,20);8,10H,6-7,9H2,1-5H3,(H,17,19);10-11H,6-9H2,1-5H3;10,12H,6-9,11H2,1-5H3;10-11H,6-9H2,1-5H3;10,12H,6-9,11H2,1-5H3;10-11H,6-9H2,1-5H3. The molecular formula is C112H179N9O12S12. The van der Waals surface area contributed by atoms with Gasteiger partial charge in [0.1, 0.15) is 0 Å². The number of piperazine rings is 1. The number of nitrogens with one attached hydrogen (secondary N) is 2. The van der Waals surface area contributed by atoms with E-state index in [4.69, 9.17) is 0 Å². The van der Waals surface area contributed by atoms with Crippen molar-refractivity contribution in [2.75, 3.05) is 167 Å². The molecule has 14 rings (SSSR count). The summed E-state index contributed by atoms with van der Waals surface area (Å²) < 4.78 is 69.3. The molecule has 0 spiro atoms. The summed E-state index contributed by atoms with van der Waals surface area (Å²) in [6.07, 6.45) is 0.388. The number of anilines is 1. The molecule has 0 aliphatic carbocycles. The number of rotatable bonds is 16. The second kappa shape index (κ2) is 52.3. The van der Waals surface area contributed by atoms with E-state index in [1.165, 1.54) is 84.6 Å². The van der Waals surface area contributed by atoms with Crippen molar-refractivity contribution in [3.05, 3.63) is 145 Å². The van der Waals surface area contributed by atoms with E-state index in [2.05, 4.69) is 316 Å². The normalized spacial score (nSPS) is 18.0. The maximum absolute atomic E-state index is 12.9. The molecule has 7 fully saturated rings. The third-order valence-corrected chi connectivity index (χ3v) is 45.2. The molecule has 816 valence electrons. The molecular weight excluding hydrogens is 2050 g/mol. The van der Waals surface area contributed by atoms with Crippen LogP contribution in [0.3, 0.4) is 0 Å². The average Bonchev–Trinajstić information content (AvgIpc) is 1.66. The summed E-state index contributed by atoms with van der Waals surface area (Å²) in [6.45, 7) is 89.5. The average molecular weight is 2230 g/mol. The van der Waals surface area contributed by atoms with Gasteiger partial charge in [-0.2, -0.15) is 23.5 Å². The molecule has 0 saturated carbocycles. The summed E-state index contributed by atoms with van der Waals surface area (Å²) in [5.74, 6) is 9.25. The summed E-state index contributed by atoms with van der Waals surface area (Å²) in [7, 11) is -8.57. The van der Waals surface area contributed by atoms with Gasteiger partial charge in [0.15, 0.2) is 29.5 Å². The van der Waals surface area contributed by atoms with Crippen LogP contribution in [0.25, 0.3) is 0 Å². The minimum atomic E-state index is -2.97. The van der Waals surface area contributed by atoms with Crippen LogP contribution in [0.1, 0.15) is 412 Å². The quantitative estimate of drug-likeness (QED) is 0.0912. The van der Waals surface area contributed by atoms with Gasteiger partial charge in [-0.15, -0.1) is 79.4 Å². The Bertz CT molecular complexity index is 5790. The molecule has 6 amide bonds. The molecule has 0 atom stereocenters. The Morgan fingerprint density at radius 1 is 0.310 bits per heavy atom. The molecule has 7 aliphatic heterocycles. The minimum absolute atomic E-state index is 0.0120. The summed E-state index contributed by atoms with van der Waals surface area (Å²) in [6, 6.07) is 15.5. The number of amides is 6. The smallest absolute Gasteiger partial charge is 0.264 e. The maximum atomic E-state index is 12.9. The number of sulfone groups is 3. The minimum Gasteiger partial charge on any atom is -0.361 e. The molecule has 0 aromatic carbocycles. The summed E-state index contributed by atoms with van der Waals surface area (Å²) >= 11 is 16.6. The van der Waals surface area contributed by atoms with Gasteiger partial charge in [-0.3, -0.25) is 38.6 Å². The molecule has 0 bridgehead atoms. The number of carbonyl (C=O) groups is 6. The van der Waals surface area contributed by atoms with Crippen LogP contribution in [0.4, 0.5) is 5.00 Å². The third kappa shape index (κ3) is 36.9. The summed E-state index contributed by atoms with van der Waals surface area (Å²) in [4.78, 5) is 105. The molecule has 7 aromatic rings. The zero-order valence-electron chi connectivity index (χ0n) is 94.5. The zero-order chi connectivity index (χ0) is 109. The van der Waals surface area contributed by atoms with Crippen LogP contribution in [-0.4, -0.2) is 252 Å². The van der Waals surface area contributed by atoms with Gasteiger partial charge in [0, 0.05) is 199 Å². The van der Waals surface area contributed by atoms with Crippen LogP contribution < -0.4 is 15.5 Å². The number of thioether (sulfide) groups is 2. The largest absolute Gasteiger partial charge is 0.361 e. The number of carbonyl (C=O) groups excluding carboxylic acids is 6. The van der Waals surface area contributed by atoms with Crippen molar-refractivity contribution in [3.8, 4) is 0 Å². The van der Waals surface area contributed by atoms with Crippen LogP contribution in [0.5, 0.6) is 0 Å². The van der Waals surface area contributed by atoms with E-state index in [1.54, 1.807) is 59.2 Å². The topological polar surface area (TPSA) is 252 Å². The van der Waals surface area contributed by atoms with E-state index in [0.29, 0.717) is 125 Å². The lowest BCUT2D eigenvalue weighted by molar-refractivity contribution is -0.123. The maximum Gasteiger partial charge on any atom is 0.264 e. The fourth-order valence-corrected chi connectivity index (χ4v) is 31.5. The Labute approximate surface area is 911 Å². The highest BCUT2D eigenvalue weighted by atomic mass is 32.2. The molecule has 33 heteroatoms. The van der Waals surface area contributed by atoms with Crippen molar-refractivity contribution in [3.63, 3.8) is 0 Å². The molecule has 0 radical (unpaired) electrons.